The number of hydrogen-bond acceptors (Lipinski definition) is 3. The van der Waals surface area contributed by atoms with E-state index in [4.69, 9.17) is 5.73 Å². The van der Waals surface area contributed by atoms with Crippen LogP contribution in [-0.4, -0.2) is 42.5 Å². The van der Waals surface area contributed by atoms with E-state index >= 15 is 0 Å². The topological polar surface area (TPSA) is 58.4 Å². The van der Waals surface area contributed by atoms with Crippen molar-refractivity contribution in [2.24, 2.45) is 5.73 Å². The molecule has 1 aliphatic heterocycles. The number of nitrogens with two attached hydrogens (primary N) is 1. The molecule has 0 spiro atoms. The van der Waals surface area contributed by atoms with Crippen molar-refractivity contribution in [1.29, 1.82) is 0 Å². The number of carbonyl (C=O) groups excluding carboxylic acids is 1. The normalized spacial score (nSPS) is 23.9. The molecular formula is C14H27N3O. The second-order valence-corrected chi connectivity index (χ2v) is 5.71. The molecule has 0 radical (unpaired) electrons. The second-order valence-electron chi connectivity index (χ2n) is 5.71. The van der Waals surface area contributed by atoms with E-state index in [-0.39, 0.29) is 12.5 Å². The van der Waals surface area contributed by atoms with Crippen molar-refractivity contribution in [3.8, 4) is 0 Å². The molecule has 2 fully saturated rings. The van der Waals surface area contributed by atoms with Crippen molar-refractivity contribution in [3.05, 3.63) is 0 Å². The quantitative estimate of drug-likeness (QED) is 0.744. The van der Waals surface area contributed by atoms with E-state index in [9.17, 15) is 4.79 Å². The van der Waals surface area contributed by atoms with Gasteiger partial charge in [0.25, 0.3) is 0 Å². The Morgan fingerprint density at radius 1 is 1.00 bits per heavy atom. The van der Waals surface area contributed by atoms with Gasteiger partial charge < -0.3 is 16.0 Å². The lowest BCUT2D eigenvalue weighted by Gasteiger charge is -2.34. The van der Waals surface area contributed by atoms with Gasteiger partial charge in [-0.05, 0) is 25.7 Å². The van der Waals surface area contributed by atoms with Gasteiger partial charge in [-0.25, -0.2) is 0 Å². The number of amides is 1. The highest BCUT2D eigenvalue weighted by atomic mass is 16.2. The van der Waals surface area contributed by atoms with Crippen LogP contribution in [0.15, 0.2) is 0 Å². The molecule has 1 amide bonds. The van der Waals surface area contributed by atoms with Crippen molar-refractivity contribution in [3.63, 3.8) is 0 Å². The lowest BCUT2D eigenvalue weighted by Crippen LogP contribution is -2.48. The van der Waals surface area contributed by atoms with Crippen molar-refractivity contribution in [1.82, 2.24) is 10.2 Å². The van der Waals surface area contributed by atoms with Crippen molar-refractivity contribution in [2.75, 3.05) is 19.6 Å². The predicted octanol–water partition coefficient (Wildman–Crippen LogP) is 1.25. The zero-order chi connectivity index (χ0) is 12.8. The van der Waals surface area contributed by atoms with Gasteiger partial charge in [-0.15, -0.1) is 0 Å². The van der Waals surface area contributed by atoms with Crippen LogP contribution >= 0.6 is 0 Å². The van der Waals surface area contributed by atoms with E-state index in [0.717, 1.165) is 25.9 Å². The molecular weight excluding hydrogens is 226 g/mol. The number of hydrogen-bond donors (Lipinski definition) is 2. The predicted molar refractivity (Wildman–Crippen MR) is 73.3 cm³/mol. The number of carbonyl (C=O) groups is 1. The van der Waals surface area contributed by atoms with Crippen LogP contribution in [0.3, 0.4) is 0 Å². The molecule has 0 aromatic rings. The zero-order valence-corrected chi connectivity index (χ0v) is 11.4. The molecule has 2 rings (SSSR count). The molecule has 4 nitrogen and oxygen atoms in total. The molecule has 18 heavy (non-hydrogen) atoms. The summed E-state index contributed by atoms with van der Waals surface area (Å²) in [5.74, 6) is 0.0999. The van der Waals surface area contributed by atoms with Crippen LogP contribution in [-0.2, 0) is 4.79 Å². The van der Waals surface area contributed by atoms with Gasteiger partial charge in [0.1, 0.15) is 0 Å². The fourth-order valence-corrected chi connectivity index (χ4v) is 3.20. The first-order valence-corrected chi connectivity index (χ1v) is 7.53. The van der Waals surface area contributed by atoms with Crippen LogP contribution in [0.4, 0.5) is 0 Å². The molecule has 1 saturated heterocycles. The third-order valence-corrected chi connectivity index (χ3v) is 4.35. The Morgan fingerprint density at radius 3 is 2.11 bits per heavy atom. The summed E-state index contributed by atoms with van der Waals surface area (Å²) in [5, 5.41) is 3.81. The van der Waals surface area contributed by atoms with Gasteiger partial charge in [0.05, 0.1) is 6.54 Å². The first-order chi connectivity index (χ1) is 8.79. The number of nitrogens with one attached hydrogen (secondary N) is 1. The minimum absolute atomic E-state index is 0.0999. The molecule has 2 aliphatic rings. The molecule has 4 heteroatoms. The Bertz CT molecular complexity index is 254. The van der Waals surface area contributed by atoms with E-state index in [1.54, 1.807) is 0 Å². The molecule has 0 aromatic heterocycles. The molecule has 1 aliphatic carbocycles. The highest BCUT2D eigenvalue weighted by Gasteiger charge is 2.24. The number of likely N-dealkylation sites (tertiary alicyclic amines) is 1. The van der Waals surface area contributed by atoms with Crippen LogP contribution in [0.25, 0.3) is 0 Å². The Hall–Kier alpha value is -0.610. The average Bonchev–Trinajstić information content (AvgIpc) is 2.67. The van der Waals surface area contributed by atoms with Gasteiger partial charge in [0, 0.05) is 25.2 Å². The van der Waals surface area contributed by atoms with Gasteiger partial charge in [-0.1, -0.05) is 25.7 Å². The maximum absolute atomic E-state index is 11.5. The van der Waals surface area contributed by atoms with E-state index in [2.05, 4.69) is 5.32 Å². The maximum Gasteiger partial charge on any atom is 0.236 e. The highest BCUT2D eigenvalue weighted by Crippen LogP contribution is 2.19. The fraction of sp³-hybridized carbons (Fsp3) is 0.929. The lowest BCUT2D eigenvalue weighted by molar-refractivity contribution is -0.130. The Morgan fingerprint density at radius 2 is 1.56 bits per heavy atom. The largest absolute Gasteiger partial charge is 0.341 e. The summed E-state index contributed by atoms with van der Waals surface area (Å²) in [4.78, 5) is 13.4. The van der Waals surface area contributed by atoms with E-state index in [0.29, 0.717) is 12.1 Å². The number of rotatable bonds is 3. The van der Waals surface area contributed by atoms with Gasteiger partial charge >= 0.3 is 0 Å². The van der Waals surface area contributed by atoms with Crippen LogP contribution in [0, 0.1) is 0 Å². The molecule has 1 heterocycles. The van der Waals surface area contributed by atoms with Crippen LogP contribution in [0.2, 0.25) is 0 Å². The summed E-state index contributed by atoms with van der Waals surface area (Å²) in [6, 6.07) is 1.32. The van der Waals surface area contributed by atoms with Gasteiger partial charge in [0.2, 0.25) is 5.91 Å². The third kappa shape index (κ3) is 3.95. The number of piperidine rings is 1. The van der Waals surface area contributed by atoms with Crippen molar-refractivity contribution < 1.29 is 4.79 Å². The lowest BCUT2D eigenvalue weighted by atomic mass is 10.0. The van der Waals surface area contributed by atoms with Gasteiger partial charge in [0.15, 0.2) is 0 Å². The smallest absolute Gasteiger partial charge is 0.236 e. The van der Waals surface area contributed by atoms with Gasteiger partial charge in [-0.2, -0.15) is 0 Å². The Kier molecular flexibility index (Phi) is 5.45. The monoisotopic (exact) mass is 253 g/mol. The SMILES string of the molecule is NCC(=O)N1CCC(NC2CCCCCC2)CC1. The van der Waals surface area contributed by atoms with E-state index in [1.165, 1.54) is 38.5 Å². The van der Waals surface area contributed by atoms with Crippen LogP contribution < -0.4 is 11.1 Å². The van der Waals surface area contributed by atoms with Crippen molar-refractivity contribution >= 4 is 5.91 Å². The fourth-order valence-electron chi connectivity index (χ4n) is 3.20. The third-order valence-electron chi connectivity index (χ3n) is 4.35. The molecule has 0 atom stereocenters. The Balaban J connectivity index is 1.71. The molecule has 3 N–H and O–H groups in total. The Labute approximate surface area is 110 Å². The molecule has 1 saturated carbocycles. The van der Waals surface area contributed by atoms with E-state index < -0.39 is 0 Å². The minimum Gasteiger partial charge on any atom is -0.341 e. The first kappa shape index (κ1) is 13.8. The summed E-state index contributed by atoms with van der Waals surface area (Å²) in [5.41, 5.74) is 5.40. The average molecular weight is 253 g/mol. The molecule has 104 valence electrons. The standard InChI is InChI=1S/C14H27N3O/c15-11-14(18)17-9-7-13(8-10-17)16-12-5-3-1-2-4-6-12/h12-13,16H,1-11,15H2. The highest BCUT2D eigenvalue weighted by molar-refractivity contribution is 5.78. The maximum atomic E-state index is 11.5. The summed E-state index contributed by atoms with van der Waals surface area (Å²) in [7, 11) is 0. The van der Waals surface area contributed by atoms with Crippen LogP contribution in [0.5, 0.6) is 0 Å². The molecule has 0 bridgehead atoms. The number of nitrogens with zero attached hydrogens (tertiary/aromatic N) is 1. The second kappa shape index (κ2) is 7.10. The molecule has 0 aromatic carbocycles. The van der Waals surface area contributed by atoms with Gasteiger partial charge in [-0.3, -0.25) is 4.79 Å². The molecule has 0 unspecified atom stereocenters. The van der Waals surface area contributed by atoms with Crippen molar-refractivity contribution in [2.45, 2.75) is 63.5 Å². The zero-order valence-electron chi connectivity index (χ0n) is 11.4. The minimum atomic E-state index is 0.0999. The van der Waals surface area contributed by atoms with E-state index in [1.807, 2.05) is 4.90 Å². The summed E-state index contributed by atoms with van der Waals surface area (Å²) >= 11 is 0. The van der Waals surface area contributed by atoms with Crippen LogP contribution in [0.1, 0.15) is 51.4 Å². The first-order valence-electron chi connectivity index (χ1n) is 7.53. The summed E-state index contributed by atoms with van der Waals surface area (Å²) in [6.07, 6.45) is 10.4. The summed E-state index contributed by atoms with van der Waals surface area (Å²) < 4.78 is 0. The summed E-state index contributed by atoms with van der Waals surface area (Å²) in [6.45, 7) is 1.90.